The van der Waals surface area contributed by atoms with Gasteiger partial charge in [0.1, 0.15) is 5.82 Å². The second-order valence-electron chi connectivity index (χ2n) is 5.10. The Balaban J connectivity index is 2.51. The van der Waals surface area contributed by atoms with Crippen LogP contribution >= 0.6 is 0 Å². The molecule has 3 nitrogen and oxygen atoms in total. The molecule has 0 bridgehead atoms. The average Bonchev–Trinajstić information content (AvgIpc) is 2.46. The number of aryl methyl sites for hydroxylation is 1. The molecule has 1 aromatic rings. The van der Waals surface area contributed by atoms with Crippen molar-refractivity contribution >= 4 is 0 Å². The maximum atomic E-state index is 6.06. The Morgan fingerprint density at radius 3 is 2.57 bits per heavy atom. The molecule has 0 spiro atoms. The second-order valence-corrected chi connectivity index (χ2v) is 5.10. The summed E-state index contributed by atoms with van der Waals surface area (Å²) in [6.45, 7) is 6.70. The molecule has 80 valence electrons. The summed E-state index contributed by atoms with van der Waals surface area (Å²) in [5.74, 6) is 0.981. The van der Waals surface area contributed by atoms with Crippen molar-refractivity contribution < 1.29 is 0 Å². The molecule has 14 heavy (non-hydrogen) atoms. The van der Waals surface area contributed by atoms with Crippen molar-refractivity contribution in [2.24, 2.45) is 18.2 Å². The molecular formula is C11H21N3. The molecule has 0 saturated carbocycles. The lowest BCUT2D eigenvalue weighted by atomic mass is 9.89. The van der Waals surface area contributed by atoms with Gasteiger partial charge in [0.05, 0.1) is 6.04 Å². The topological polar surface area (TPSA) is 43.8 Å². The Morgan fingerprint density at radius 1 is 1.50 bits per heavy atom. The van der Waals surface area contributed by atoms with Crippen molar-refractivity contribution in [1.82, 2.24) is 9.55 Å². The van der Waals surface area contributed by atoms with Crippen molar-refractivity contribution in [3.8, 4) is 0 Å². The van der Waals surface area contributed by atoms with Gasteiger partial charge >= 0.3 is 0 Å². The van der Waals surface area contributed by atoms with Crippen molar-refractivity contribution in [3.05, 3.63) is 18.2 Å². The van der Waals surface area contributed by atoms with Crippen LogP contribution in [-0.4, -0.2) is 9.55 Å². The van der Waals surface area contributed by atoms with Crippen LogP contribution in [-0.2, 0) is 7.05 Å². The maximum absolute atomic E-state index is 6.06. The number of nitrogens with two attached hydrogens (primary N) is 1. The lowest BCUT2D eigenvalue weighted by Gasteiger charge is -2.20. The van der Waals surface area contributed by atoms with E-state index in [2.05, 4.69) is 25.8 Å². The highest BCUT2D eigenvalue weighted by Gasteiger charge is 2.16. The van der Waals surface area contributed by atoms with Crippen LogP contribution in [0.1, 0.15) is 45.5 Å². The minimum atomic E-state index is 0.0641. The molecule has 1 aromatic heterocycles. The Morgan fingerprint density at radius 2 is 2.14 bits per heavy atom. The van der Waals surface area contributed by atoms with Crippen LogP contribution in [0, 0.1) is 5.41 Å². The standard InChI is InChI=1S/C11H21N3/c1-11(2,3)6-5-9(12)10-13-7-8-14(10)4/h7-9H,5-6,12H2,1-4H3/t9-/m1/s1. The predicted molar refractivity (Wildman–Crippen MR) is 58.8 cm³/mol. The average molecular weight is 195 g/mol. The van der Waals surface area contributed by atoms with E-state index in [4.69, 9.17) is 5.73 Å². The molecule has 0 aromatic carbocycles. The number of aromatic nitrogens is 2. The van der Waals surface area contributed by atoms with Gasteiger partial charge in [0.15, 0.2) is 0 Å². The molecule has 2 N–H and O–H groups in total. The SMILES string of the molecule is Cn1ccnc1[C@H](N)CCC(C)(C)C. The van der Waals surface area contributed by atoms with Crippen LogP contribution in [0.5, 0.6) is 0 Å². The second kappa shape index (κ2) is 4.13. The highest BCUT2D eigenvalue weighted by Crippen LogP contribution is 2.25. The molecular weight excluding hydrogens is 174 g/mol. The summed E-state index contributed by atoms with van der Waals surface area (Å²) in [4.78, 5) is 4.25. The summed E-state index contributed by atoms with van der Waals surface area (Å²) >= 11 is 0. The summed E-state index contributed by atoms with van der Waals surface area (Å²) in [6.07, 6.45) is 5.86. The first kappa shape index (κ1) is 11.2. The first-order chi connectivity index (χ1) is 6.40. The van der Waals surface area contributed by atoms with Gasteiger partial charge in [-0.15, -0.1) is 0 Å². The van der Waals surface area contributed by atoms with E-state index in [-0.39, 0.29) is 6.04 Å². The van der Waals surface area contributed by atoms with Gasteiger partial charge in [-0.25, -0.2) is 4.98 Å². The largest absolute Gasteiger partial charge is 0.337 e. The third-order valence-electron chi connectivity index (χ3n) is 2.40. The van der Waals surface area contributed by atoms with E-state index in [1.54, 1.807) is 6.20 Å². The fraction of sp³-hybridized carbons (Fsp3) is 0.727. The normalized spacial score (nSPS) is 14.4. The Labute approximate surface area is 86.3 Å². The van der Waals surface area contributed by atoms with Crippen molar-refractivity contribution in [1.29, 1.82) is 0 Å². The van der Waals surface area contributed by atoms with E-state index in [9.17, 15) is 0 Å². The quantitative estimate of drug-likeness (QED) is 0.804. The zero-order chi connectivity index (χ0) is 10.8. The lowest BCUT2D eigenvalue weighted by Crippen LogP contribution is -2.18. The summed E-state index contributed by atoms with van der Waals surface area (Å²) in [5, 5.41) is 0. The smallest absolute Gasteiger partial charge is 0.125 e. The van der Waals surface area contributed by atoms with Gasteiger partial charge in [-0.3, -0.25) is 0 Å². The molecule has 0 unspecified atom stereocenters. The molecule has 0 saturated heterocycles. The van der Waals surface area contributed by atoms with Crippen LogP contribution in [0.3, 0.4) is 0 Å². The fourth-order valence-corrected chi connectivity index (χ4v) is 1.45. The Bertz CT molecular complexity index is 283. The Kier molecular flexibility index (Phi) is 3.32. The van der Waals surface area contributed by atoms with Crippen LogP contribution in [0.2, 0.25) is 0 Å². The van der Waals surface area contributed by atoms with Crippen LogP contribution < -0.4 is 5.73 Å². The zero-order valence-electron chi connectivity index (χ0n) is 9.62. The monoisotopic (exact) mass is 195 g/mol. The number of nitrogens with zero attached hydrogens (tertiary/aromatic N) is 2. The number of hydrogen-bond acceptors (Lipinski definition) is 2. The minimum absolute atomic E-state index is 0.0641. The molecule has 0 radical (unpaired) electrons. The van der Waals surface area contributed by atoms with Gasteiger partial charge in [0.2, 0.25) is 0 Å². The van der Waals surface area contributed by atoms with Crippen LogP contribution in [0.4, 0.5) is 0 Å². The van der Waals surface area contributed by atoms with Crippen molar-refractivity contribution in [2.45, 2.75) is 39.7 Å². The highest BCUT2D eigenvalue weighted by atomic mass is 15.1. The summed E-state index contributed by atoms with van der Waals surface area (Å²) in [7, 11) is 1.99. The molecule has 0 amide bonds. The molecule has 1 rings (SSSR count). The van der Waals surface area contributed by atoms with Gasteiger partial charge in [0.25, 0.3) is 0 Å². The van der Waals surface area contributed by atoms with Crippen molar-refractivity contribution in [2.75, 3.05) is 0 Å². The zero-order valence-corrected chi connectivity index (χ0v) is 9.62. The molecule has 1 atom stereocenters. The third-order valence-corrected chi connectivity index (χ3v) is 2.40. The third kappa shape index (κ3) is 3.14. The molecule has 1 heterocycles. The maximum Gasteiger partial charge on any atom is 0.125 e. The highest BCUT2D eigenvalue weighted by molar-refractivity contribution is 4.97. The van der Waals surface area contributed by atoms with E-state index in [1.807, 2.05) is 17.8 Å². The summed E-state index contributed by atoms with van der Waals surface area (Å²) < 4.78 is 1.99. The van der Waals surface area contributed by atoms with Gasteiger partial charge in [0, 0.05) is 19.4 Å². The van der Waals surface area contributed by atoms with Gasteiger partial charge in [-0.1, -0.05) is 20.8 Å². The van der Waals surface area contributed by atoms with Gasteiger partial charge < -0.3 is 10.3 Å². The number of hydrogen-bond donors (Lipinski definition) is 1. The van der Waals surface area contributed by atoms with E-state index < -0.39 is 0 Å². The first-order valence-electron chi connectivity index (χ1n) is 5.13. The molecule has 0 aliphatic carbocycles. The number of rotatable bonds is 3. The fourth-order valence-electron chi connectivity index (χ4n) is 1.45. The van der Waals surface area contributed by atoms with E-state index in [0.717, 1.165) is 18.7 Å². The van der Waals surface area contributed by atoms with E-state index >= 15 is 0 Å². The molecule has 0 aliphatic heterocycles. The minimum Gasteiger partial charge on any atom is -0.337 e. The van der Waals surface area contributed by atoms with E-state index in [0.29, 0.717) is 5.41 Å². The van der Waals surface area contributed by atoms with Gasteiger partial charge in [-0.2, -0.15) is 0 Å². The van der Waals surface area contributed by atoms with Crippen molar-refractivity contribution in [3.63, 3.8) is 0 Å². The van der Waals surface area contributed by atoms with E-state index in [1.165, 1.54) is 0 Å². The molecule has 0 fully saturated rings. The lowest BCUT2D eigenvalue weighted by molar-refractivity contribution is 0.345. The summed E-state index contributed by atoms with van der Waals surface area (Å²) in [6, 6.07) is 0.0641. The Hall–Kier alpha value is -0.830. The van der Waals surface area contributed by atoms with Crippen LogP contribution in [0.25, 0.3) is 0 Å². The predicted octanol–water partition coefficient (Wildman–Crippen LogP) is 2.25. The number of imidazole rings is 1. The first-order valence-corrected chi connectivity index (χ1v) is 5.13. The van der Waals surface area contributed by atoms with Gasteiger partial charge in [-0.05, 0) is 18.3 Å². The van der Waals surface area contributed by atoms with Crippen LogP contribution in [0.15, 0.2) is 12.4 Å². The molecule has 0 aliphatic rings. The molecule has 3 heteroatoms. The summed E-state index contributed by atoms with van der Waals surface area (Å²) in [5.41, 5.74) is 6.41.